The number of hydrogen-bond donors (Lipinski definition) is 2. The lowest BCUT2D eigenvalue weighted by Gasteiger charge is -2.26. The number of aliphatic hydroxyl groups is 1. The van der Waals surface area contributed by atoms with Crippen LogP contribution >= 0.6 is 0 Å². The number of amides is 2. The van der Waals surface area contributed by atoms with Crippen LogP contribution in [0.2, 0.25) is 0 Å². The van der Waals surface area contributed by atoms with Gasteiger partial charge in [-0.1, -0.05) is 0 Å². The maximum Gasteiger partial charge on any atom is 0.317 e. The second-order valence-corrected chi connectivity index (χ2v) is 6.40. The van der Waals surface area contributed by atoms with Gasteiger partial charge in [0.25, 0.3) is 0 Å². The van der Waals surface area contributed by atoms with Crippen LogP contribution in [-0.2, 0) is 7.05 Å². The summed E-state index contributed by atoms with van der Waals surface area (Å²) in [6.45, 7) is 0.886. The predicted molar refractivity (Wildman–Crippen MR) is 84.4 cm³/mol. The van der Waals surface area contributed by atoms with Gasteiger partial charge in [0.1, 0.15) is 0 Å². The smallest absolute Gasteiger partial charge is 0.317 e. The highest BCUT2D eigenvalue weighted by Crippen LogP contribution is 2.32. The quantitative estimate of drug-likeness (QED) is 0.766. The van der Waals surface area contributed by atoms with Gasteiger partial charge in [-0.15, -0.1) is 0 Å². The fourth-order valence-electron chi connectivity index (χ4n) is 2.52. The fraction of sp³-hybridized carbons (Fsp3) is 0.733. The Hall–Kier alpha value is -1.60. The first-order chi connectivity index (χ1) is 10.4. The van der Waals surface area contributed by atoms with Crippen LogP contribution in [0.25, 0.3) is 0 Å². The van der Waals surface area contributed by atoms with Crippen LogP contribution in [-0.4, -0.2) is 71.1 Å². The average molecular weight is 309 g/mol. The molecule has 1 saturated carbocycles. The van der Waals surface area contributed by atoms with Gasteiger partial charge in [-0.25, -0.2) is 4.79 Å². The summed E-state index contributed by atoms with van der Waals surface area (Å²) in [5.41, 5.74) is 1.06. The van der Waals surface area contributed by atoms with E-state index in [1.807, 2.05) is 33.5 Å². The van der Waals surface area contributed by atoms with E-state index in [0.717, 1.165) is 18.4 Å². The Balaban J connectivity index is 1.84. The normalized spacial score (nSPS) is 17.4. The molecule has 0 aromatic carbocycles. The molecule has 0 aliphatic heterocycles. The van der Waals surface area contributed by atoms with Crippen molar-refractivity contribution in [2.24, 2.45) is 13.0 Å². The van der Waals surface area contributed by atoms with Gasteiger partial charge in [0.2, 0.25) is 0 Å². The predicted octanol–water partition coefficient (Wildman–Crippen LogP) is 0.435. The summed E-state index contributed by atoms with van der Waals surface area (Å²) in [6, 6.07) is -0.0881. The van der Waals surface area contributed by atoms with Crippen LogP contribution in [0.1, 0.15) is 24.4 Å². The van der Waals surface area contributed by atoms with Crippen molar-refractivity contribution in [1.29, 1.82) is 0 Å². The molecule has 2 amide bonds. The molecule has 2 atom stereocenters. The van der Waals surface area contributed by atoms with Crippen molar-refractivity contribution in [3.05, 3.63) is 18.0 Å². The van der Waals surface area contributed by atoms with E-state index >= 15 is 0 Å². The first-order valence-corrected chi connectivity index (χ1v) is 7.70. The number of nitrogens with one attached hydrogen (secondary N) is 1. The van der Waals surface area contributed by atoms with Crippen molar-refractivity contribution >= 4 is 6.03 Å². The Bertz CT molecular complexity index is 498. The van der Waals surface area contributed by atoms with Crippen LogP contribution in [0.15, 0.2) is 12.4 Å². The standard InChI is InChI=1S/C15H27N5O2/c1-18(2)13(12-7-17-20(4)9-12)8-16-15(22)19(3)10-14(21)11-5-6-11/h7,9,11,13-14,21H,5-6,8,10H2,1-4H3,(H,16,22). The van der Waals surface area contributed by atoms with Gasteiger partial charge in [-0.3, -0.25) is 4.68 Å². The molecule has 1 aromatic heterocycles. The summed E-state index contributed by atoms with van der Waals surface area (Å²) in [5.74, 6) is 0.375. The van der Waals surface area contributed by atoms with Gasteiger partial charge in [0.15, 0.2) is 0 Å². The molecule has 2 unspecified atom stereocenters. The zero-order chi connectivity index (χ0) is 16.3. The van der Waals surface area contributed by atoms with E-state index < -0.39 is 6.10 Å². The number of aromatic nitrogens is 2. The largest absolute Gasteiger partial charge is 0.391 e. The highest BCUT2D eigenvalue weighted by molar-refractivity contribution is 5.73. The minimum atomic E-state index is -0.404. The second-order valence-electron chi connectivity index (χ2n) is 6.40. The summed E-state index contributed by atoms with van der Waals surface area (Å²) in [5, 5.41) is 17.0. The Kier molecular flexibility index (Phi) is 5.42. The van der Waals surface area contributed by atoms with Crippen LogP contribution in [0.3, 0.4) is 0 Å². The number of urea groups is 1. The van der Waals surface area contributed by atoms with Crippen molar-refractivity contribution in [1.82, 2.24) is 24.9 Å². The summed E-state index contributed by atoms with van der Waals surface area (Å²) in [4.78, 5) is 15.8. The molecule has 2 N–H and O–H groups in total. The van der Waals surface area contributed by atoms with Crippen LogP contribution in [0.4, 0.5) is 4.79 Å². The number of nitrogens with zero attached hydrogens (tertiary/aromatic N) is 4. The third-order valence-electron chi connectivity index (χ3n) is 4.15. The van der Waals surface area contributed by atoms with Crippen molar-refractivity contribution in [3.8, 4) is 0 Å². The molecule has 7 nitrogen and oxygen atoms in total. The van der Waals surface area contributed by atoms with Crippen molar-refractivity contribution in [2.75, 3.05) is 34.2 Å². The highest BCUT2D eigenvalue weighted by Gasteiger charge is 2.31. The SMILES string of the molecule is CN(CC(O)C1CC1)C(=O)NCC(c1cnn(C)c1)N(C)C. The summed E-state index contributed by atoms with van der Waals surface area (Å²) < 4.78 is 1.76. The molecule has 1 fully saturated rings. The molecule has 1 heterocycles. The second kappa shape index (κ2) is 7.11. The van der Waals surface area contributed by atoms with E-state index in [9.17, 15) is 9.90 Å². The molecule has 1 aliphatic carbocycles. The average Bonchev–Trinajstić information content (AvgIpc) is 3.22. The lowest BCUT2D eigenvalue weighted by atomic mass is 10.1. The summed E-state index contributed by atoms with van der Waals surface area (Å²) >= 11 is 0. The topological polar surface area (TPSA) is 73.6 Å². The highest BCUT2D eigenvalue weighted by atomic mass is 16.3. The molecule has 0 bridgehead atoms. The molecule has 1 aromatic rings. The Morgan fingerprint density at radius 1 is 1.50 bits per heavy atom. The molecular weight excluding hydrogens is 282 g/mol. The molecule has 2 rings (SSSR count). The van der Waals surface area contributed by atoms with Gasteiger partial charge in [0, 0.05) is 38.9 Å². The van der Waals surface area contributed by atoms with E-state index in [0.29, 0.717) is 19.0 Å². The van der Waals surface area contributed by atoms with Crippen molar-refractivity contribution in [3.63, 3.8) is 0 Å². The Morgan fingerprint density at radius 2 is 2.18 bits per heavy atom. The Morgan fingerprint density at radius 3 is 2.68 bits per heavy atom. The third kappa shape index (κ3) is 4.45. The molecular formula is C15H27N5O2. The van der Waals surface area contributed by atoms with Crippen LogP contribution in [0.5, 0.6) is 0 Å². The first kappa shape index (κ1) is 16.8. The molecule has 0 radical (unpaired) electrons. The van der Waals surface area contributed by atoms with E-state index in [4.69, 9.17) is 0 Å². The van der Waals surface area contributed by atoms with Gasteiger partial charge in [-0.05, 0) is 32.9 Å². The van der Waals surface area contributed by atoms with Gasteiger partial charge >= 0.3 is 6.03 Å². The maximum absolute atomic E-state index is 12.1. The molecule has 124 valence electrons. The number of carbonyl (C=O) groups excluding carboxylic acids is 1. The van der Waals surface area contributed by atoms with Gasteiger partial charge < -0.3 is 20.2 Å². The number of hydrogen-bond acceptors (Lipinski definition) is 4. The number of likely N-dealkylation sites (N-methyl/N-ethyl adjacent to an activating group) is 2. The van der Waals surface area contributed by atoms with Crippen molar-refractivity contribution in [2.45, 2.75) is 25.0 Å². The van der Waals surface area contributed by atoms with Gasteiger partial charge in [0.05, 0.1) is 18.3 Å². The van der Waals surface area contributed by atoms with E-state index in [1.54, 1.807) is 16.6 Å². The monoisotopic (exact) mass is 309 g/mol. The Labute approximate surface area is 131 Å². The van der Waals surface area contributed by atoms with Gasteiger partial charge in [-0.2, -0.15) is 5.10 Å². The lowest BCUT2D eigenvalue weighted by molar-refractivity contribution is 0.113. The van der Waals surface area contributed by atoms with Crippen molar-refractivity contribution < 1.29 is 9.90 Å². The molecule has 22 heavy (non-hydrogen) atoms. The number of carbonyl (C=O) groups is 1. The van der Waals surface area contributed by atoms with E-state index in [1.165, 1.54) is 0 Å². The molecule has 0 saturated heterocycles. The van der Waals surface area contributed by atoms with E-state index in [-0.39, 0.29) is 12.1 Å². The number of aryl methyl sites for hydroxylation is 1. The fourth-order valence-corrected chi connectivity index (χ4v) is 2.52. The molecule has 7 heteroatoms. The summed E-state index contributed by atoms with van der Waals surface area (Å²) in [7, 11) is 7.55. The zero-order valence-corrected chi connectivity index (χ0v) is 13.9. The zero-order valence-electron chi connectivity index (χ0n) is 13.9. The number of rotatable bonds is 7. The molecule has 1 aliphatic rings. The lowest BCUT2D eigenvalue weighted by Crippen LogP contribution is -2.44. The maximum atomic E-state index is 12.1. The summed E-state index contributed by atoms with van der Waals surface area (Å²) in [6.07, 6.45) is 5.51. The number of aliphatic hydroxyl groups excluding tert-OH is 1. The van der Waals surface area contributed by atoms with Crippen LogP contribution in [0, 0.1) is 5.92 Å². The van der Waals surface area contributed by atoms with Crippen LogP contribution < -0.4 is 5.32 Å². The minimum absolute atomic E-state index is 0.0689. The molecule has 0 spiro atoms. The first-order valence-electron chi connectivity index (χ1n) is 7.70. The minimum Gasteiger partial charge on any atom is -0.391 e. The van der Waals surface area contributed by atoms with E-state index in [2.05, 4.69) is 15.3 Å². The third-order valence-corrected chi connectivity index (χ3v) is 4.15.